The van der Waals surface area contributed by atoms with Gasteiger partial charge in [-0.3, -0.25) is 9.47 Å². The first-order valence-corrected chi connectivity index (χ1v) is 12.3. The third-order valence-electron chi connectivity index (χ3n) is 5.13. The van der Waals surface area contributed by atoms with Crippen LogP contribution in [0.2, 0.25) is 5.02 Å². The first-order valence-electron chi connectivity index (χ1n) is 10.1. The molecule has 0 saturated heterocycles. The number of thiazole rings is 1. The van der Waals surface area contributed by atoms with Crippen LogP contribution in [-0.2, 0) is 5.75 Å². The van der Waals surface area contributed by atoms with E-state index < -0.39 is 0 Å². The van der Waals surface area contributed by atoms with Gasteiger partial charge in [0.2, 0.25) is 0 Å². The van der Waals surface area contributed by atoms with E-state index in [-0.39, 0.29) is 6.04 Å². The van der Waals surface area contributed by atoms with Crippen LogP contribution in [-0.4, -0.2) is 45.9 Å². The van der Waals surface area contributed by atoms with Gasteiger partial charge in [-0.2, -0.15) is 0 Å². The largest absolute Gasteiger partial charge is 0.497 e. The first-order chi connectivity index (χ1) is 15.5. The van der Waals surface area contributed by atoms with Crippen LogP contribution in [0.1, 0.15) is 24.5 Å². The van der Waals surface area contributed by atoms with Crippen LogP contribution in [0.5, 0.6) is 5.75 Å². The second-order valence-corrected chi connectivity index (χ2v) is 9.69. The molecule has 2 aromatic carbocycles. The maximum absolute atomic E-state index is 6.11. The Hall–Kier alpha value is -2.39. The van der Waals surface area contributed by atoms with E-state index in [9.17, 15) is 0 Å². The predicted octanol–water partition coefficient (Wildman–Crippen LogP) is 5.97. The SMILES string of the molecule is COc1ccc(-c2nc(CSc3nnc(C(C)N(C)C)n3-c3ccc(Cl)cc3)cs2)cc1. The lowest BCUT2D eigenvalue weighted by Gasteiger charge is -2.20. The Morgan fingerprint density at radius 2 is 1.81 bits per heavy atom. The second-order valence-electron chi connectivity index (χ2n) is 7.45. The maximum Gasteiger partial charge on any atom is 0.196 e. The van der Waals surface area contributed by atoms with E-state index in [1.54, 1.807) is 30.2 Å². The molecule has 0 radical (unpaired) electrons. The first kappa shape index (κ1) is 22.8. The summed E-state index contributed by atoms with van der Waals surface area (Å²) in [6, 6.07) is 15.8. The van der Waals surface area contributed by atoms with Gasteiger partial charge in [-0.25, -0.2) is 4.98 Å². The van der Waals surface area contributed by atoms with E-state index in [0.717, 1.165) is 38.7 Å². The monoisotopic (exact) mass is 485 g/mol. The molecule has 0 fully saturated rings. The lowest BCUT2D eigenvalue weighted by molar-refractivity contribution is 0.305. The van der Waals surface area contributed by atoms with Crippen LogP contribution in [0, 0.1) is 0 Å². The number of ether oxygens (including phenoxy) is 1. The van der Waals surface area contributed by atoms with Crippen molar-refractivity contribution in [3.63, 3.8) is 0 Å². The van der Waals surface area contributed by atoms with Gasteiger partial charge in [0.15, 0.2) is 11.0 Å². The molecule has 32 heavy (non-hydrogen) atoms. The topological polar surface area (TPSA) is 56.1 Å². The van der Waals surface area contributed by atoms with Gasteiger partial charge in [0.1, 0.15) is 10.8 Å². The predicted molar refractivity (Wildman–Crippen MR) is 132 cm³/mol. The normalized spacial score (nSPS) is 12.3. The molecule has 2 aromatic heterocycles. The Labute approximate surface area is 201 Å². The van der Waals surface area contributed by atoms with Gasteiger partial charge in [0.25, 0.3) is 0 Å². The molecule has 9 heteroatoms. The lowest BCUT2D eigenvalue weighted by atomic mass is 10.2. The Balaban J connectivity index is 1.57. The van der Waals surface area contributed by atoms with Crippen LogP contribution in [0.4, 0.5) is 0 Å². The van der Waals surface area contributed by atoms with Gasteiger partial charge in [-0.1, -0.05) is 23.4 Å². The van der Waals surface area contributed by atoms with Crippen molar-refractivity contribution in [3.8, 4) is 22.0 Å². The molecule has 0 saturated carbocycles. The minimum Gasteiger partial charge on any atom is -0.497 e. The average molecular weight is 486 g/mol. The van der Waals surface area contributed by atoms with Crippen molar-refractivity contribution in [2.24, 2.45) is 0 Å². The fourth-order valence-corrected chi connectivity index (χ4v) is 5.00. The van der Waals surface area contributed by atoms with E-state index in [1.165, 1.54) is 0 Å². The Morgan fingerprint density at radius 1 is 1.09 bits per heavy atom. The molecule has 0 N–H and O–H groups in total. The second kappa shape index (κ2) is 10.0. The van der Waals surface area contributed by atoms with Crippen molar-refractivity contribution in [2.75, 3.05) is 21.2 Å². The van der Waals surface area contributed by atoms with E-state index in [0.29, 0.717) is 10.8 Å². The smallest absolute Gasteiger partial charge is 0.196 e. The number of halogens is 1. The van der Waals surface area contributed by atoms with Crippen LogP contribution in [0.25, 0.3) is 16.3 Å². The van der Waals surface area contributed by atoms with Gasteiger partial charge in [-0.05, 0) is 69.6 Å². The fraction of sp³-hybridized carbons (Fsp3) is 0.261. The number of methoxy groups -OCH3 is 1. The van der Waals surface area contributed by atoms with E-state index in [2.05, 4.69) is 32.0 Å². The van der Waals surface area contributed by atoms with Gasteiger partial charge < -0.3 is 4.74 Å². The number of benzene rings is 2. The quantitative estimate of drug-likeness (QED) is 0.287. The number of thioether (sulfide) groups is 1. The molecular weight excluding hydrogens is 462 g/mol. The van der Waals surface area contributed by atoms with Crippen molar-refractivity contribution >= 4 is 34.7 Å². The third-order valence-corrected chi connectivity index (χ3v) is 7.28. The van der Waals surface area contributed by atoms with E-state index in [4.69, 9.17) is 21.3 Å². The highest BCUT2D eigenvalue weighted by atomic mass is 35.5. The molecule has 0 aliphatic rings. The number of hydrogen-bond acceptors (Lipinski definition) is 7. The summed E-state index contributed by atoms with van der Waals surface area (Å²) in [5.41, 5.74) is 3.08. The molecule has 4 rings (SSSR count). The highest BCUT2D eigenvalue weighted by Gasteiger charge is 2.21. The zero-order valence-electron chi connectivity index (χ0n) is 18.3. The summed E-state index contributed by atoms with van der Waals surface area (Å²) in [6.45, 7) is 2.12. The number of aromatic nitrogens is 4. The number of nitrogens with zero attached hydrogens (tertiary/aromatic N) is 5. The van der Waals surface area contributed by atoms with E-state index >= 15 is 0 Å². The van der Waals surface area contributed by atoms with Crippen LogP contribution in [0.15, 0.2) is 59.1 Å². The minimum atomic E-state index is 0.105. The summed E-state index contributed by atoms with van der Waals surface area (Å²) < 4.78 is 7.34. The van der Waals surface area contributed by atoms with Crippen molar-refractivity contribution < 1.29 is 4.74 Å². The summed E-state index contributed by atoms with van der Waals surface area (Å²) in [5.74, 6) is 2.43. The number of hydrogen-bond donors (Lipinski definition) is 0. The molecule has 1 unspecified atom stereocenters. The van der Waals surface area contributed by atoms with Gasteiger partial charge in [-0.15, -0.1) is 21.5 Å². The molecule has 6 nitrogen and oxygen atoms in total. The molecular formula is C23H24ClN5OS2. The number of rotatable bonds is 8. The standard InChI is InChI=1S/C23H24ClN5OS2/c1-15(28(2)3)21-26-27-23(29(21)19-9-7-17(24)8-10-19)32-14-18-13-31-22(25-18)16-5-11-20(30-4)12-6-16/h5-13,15H,14H2,1-4H3. The van der Waals surface area contributed by atoms with Gasteiger partial charge in [0.05, 0.1) is 18.8 Å². The molecule has 0 spiro atoms. The summed E-state index contributed by atoms with van der Waals surface area (Å²) in [7, 11) is 5.74. The van der Waals surface area contributed by atoms with Crippen LogP contribution < -0.4 is 4.74 Å². The van der Waals surface area contributed by atoms with E-state index in [1.807, 2.05) is 62.6 Å². The van der Waals surface area contributed by atoms with Crippen molar-refractivity contribution in [1.29, 1.82) is 0 Å². The zero-order chi connectivity index (χ0) is 22.7. The zero-order valence-corrected chi connectivity index (χ0v) is 20.7. The molecule has 0 aliphatic carbocycles. The van der Waals surface area contributed by atoms with Crippen LogP contribution >= 0.6 is 34.7 Å². The Morgan fingerprint density at radius 3 is 2.47 bits per heavy atom. The molecule has 0 bridgehead atoms. The van der Waals surface area contributed by atoms with Crippen molar-refractivity contribution in [3.05, 3.63) is 70.5 Å². The molecule has 4 aromatic rings. The maximum atomic E-state index is 6.11. The highest BCUT2D eigenvalue weighted by molar-refractivity contribution is 7.98. The van der Waals surface area contributed by atoms with Crippen LogP contribution in [0.3, 0.4) is 0 Å². The molecule has 0 aliphatic heterocycles. The molecule has 0 amide bonds. The summed E-state index contributed by atoms with van der Waals surface area (Å²) in [6.07, 6.45) is 0. The minimum absolute atomic E-state index is 0.105. The van der Waals surface area contributed by atoms with Gasteiger partial charge >= 0.3 is 0 Å². The molecule has 166 valence electrons. The fourth-order valence-electron chi connectivity index (χ4n) is 3.09. The highest BCUT2D eigenvalue weighted by Crippen LogP contribution is 2.31. The Bertz CT molecular complexity index is 1170. The third kappa shape index (κ3) is 4.99. The molecule has 1 atom stereocenters. The summed E-state index contributed by atoms with van der Waals surface area (Å²) >= 11 is 9.37. The summed E-state index contributed by atoms with van der Waals surface area (Å²) in [5, 5.41) is 13.6. The average Bonchev–Trinajstić information content (AvgIpc) is 3.45. The Kier molecular flexibility index (Phi) is 7.15. The van der Waals surface area contributed by atoms with Crippen molar-refractivity contribution in [2.45, 2.75) is 23.9 Å². The summed E-state index contributed by atoms with van der Waals surface area (Å²) in [4.78, 5) is 6.93. The lowest BCUT2D eigenvalue weighted by Crippen LogP contribution is -2.20. The van der Waals surface area contributed by atoms with Gasteiger partial charge in [0, 0.05) is 27.4 Å². The molecule has 2 heterocycles. The van der Waals surface area contributed by atoms with Crippen molar-refractivity contribution in [1.82, 2.24) is 24.6 Å².